The number of fused-ring (bicyclic) bond motifs is 1. The fraction of sp³-hybridized carbons (Fsp3) is 0.533. The molecule has 3 rings (SSSR count). The molecule has 0 bridgehead atoms. The second-order valence-corrected chi connectivity index (χ2v) is 5.59. The lowest BCUT2D eigenvalue weighted by Gasteiger charge is -2.32. The van der Waals surface area contributed by atoms with Gasteiger partial charge in [-0.05, 0) is 37.9 Å². The summed E-state index contributed by atoms with van der Waals surface area (Å²) < 4.78 is 0. The van der Waals surface area contributed by atoms with E-state index in [1.165, 1.54) is 13.0 Å². The van der Waals surface area contributed by atoms with E-state index in [2.05, 4.69) is 32.1 Å². The van der Waals surface area contributed by atoms with Gasteiger partial charge < -0.3 is 16.0 Å². The van der Waals surface area contributed by atoms with Crippen molar-refractivity contribution in [2.75, 3.05) is 30.7 Å². The molecule has 0 aliphatic carbocycles. The van der Waals surface area contributed by atoms with Crippen LogP contribution in [0.25, 0.3) is 11.0 Å². The van der Waals surface area contributed by atoms with E-state index in [-0.39, 0.29) is 0 Å². The molecule has 1 saturated heterocycles. The van der Waals surface area contributed by atoms with Gasteiger partial charge >= 0.3 is 0 Å². The Labute approximate surface area is 124 Å². The minimum absolute atomic E-state index is 0.466. The van der Waals surface area contributed by atoms with Gasteiger partial charge in [-0.25, -0.2) is 15.0 Å². The van der Waals surface area contributed by atoms with Crippen molar-refractivity contribution in [2.24, 2.45) is 0 Å². The van der Waals surface area contributed by atoms with E-state index in [1.807, 2.05) is 6.07 Å². The number of hydrogen-bond donors (Lipinski definition) is 2. The summed E-state index contributed by atoms with van der Waals surface area (Å²) in [5, 5.41) is 4.48. The maximum atomic E-state index is 5.70. The summed E-state index contributed by atoms with van der Waals surface area (Å²) in [6, 6.07) is 4.20. The summed E-state index contributed by atoms with van der Waals surface area (Å²) in [6.45, 7) is 5.74. The molecule has 3 heterocycles. The van der Waals surface area contributed by atoms with Crippen LogP contribution in [0.4, 0.5) is 11.6 Å². The topological polar surface area (TPSA) is 80.0 Å². The predicted molar refractivity (Wildman–Crippen MR) is 85.1 cm³/mol. The van der Waals surface area contributed by atoms with Crippen LogP contribution in [0.15, 0.2) is 18.5 Å². The molecule has 0 amide bonds. The molecule has 2 aromatic heterocycles. The molecule has 2 aromatic rings. The lowest BCUT2D eigenvalue weighted by Crippen LogP contribution is -2.39. The largest absolute Gasteiger partial charge is 0.384 e. The van der Waals surface area contributed by atoms with Crippen molar-refractivity contribution in [3.8, 4) is 0 Å². The Morgan fingerprint density at radius 3 is 2.86 bits per heavy atom. The molecule has 21 heavy (non-hydrogen) atoms. The van der Waals surface area contributed by atoms with Crippen molar-refractivity contribution in [3.63, 3.8) is 0 Å². The van der Waals surface area contributed by atoms with E-state index in [1.54, 1.807) is 12.4 Å². The molecule has 0 unspecified atom stereocenters. The number of aromatic nitrogens is 3. The first-order chi connectivity index (χ1) is 10.3. The number of pyridine rings is 1. The third kappa shape index (κ3) is 3.21. The van der Waals surface area contributed by atoms with E-state index in [0.29, 0.717) is 17.5 Å². The van der Waals surface area contributed by atoms with Gasteiger partial charge in [0.05, 0.1) is 5.39 Å². The number of nitrogens with zero attached hydrogens (tertiary/aromatic N) is 4. The van der Waals surface area contributed by atoms with E-state index in [9.17, 15) is 0 Å². The summed E-state index contributed by atoms with van der Waals surface area (Å²) in [5.74, 6) is 1.35. The van der Waals surface area contributed by atoms with Crippen LogP contribution in [0.3, 0.4) is 0 Å². The van der Waals surface area contributed by atoms with Gasteiger partial charge in [0.15, 0.2) is 5.65 Å². The standard InChI is InChI=1S/C15H22N6/c1-2-7-21-8-5-11(6-9-21)19-14-12-3-4-13(16)20-15(12)18-10-17-14/h3-4,10-11H,2,5-9H2,1H3,(H3,16,17,18,19,20). The van der Waals surface area contributed by atoms with Gasteiger partial charge in [-0.15, -0.1) is 0 Å². The van der Waals surface area contributed by atoms with Crippen molar-refractivity contribution in [2.45, 2.75) is 32.2 Å². The van der Waals surface area contributed by atoms with Crippen LogP contribution >= 0.6 is 0 Å². The quantitative estimate of drug-likeness (QED) is 0.893. The van der Waals surface area contributed by atoms with Crippen LogP contribution in [0, 0.1) is 0 Å². The van der Waals surface area contributed by atoms with E-state index < -0.39 is 0 Å². The zero-order valence-corrected chi connectivity index (χ0v) is 12.4. The van der Waals surface area contributed by atoms with Crippen molar-refractivity contribution in [1.82, 2.24) is 19.9 Å². The molecule has 3 N–H and O–H groups in total. The molecule has 1 aliphatic heterocycles. The zero-order valence-electron chi connectivity index (χ0n) is 12.4. The molecule has 1 aliphatic rings. The summed E-state index contributed by atoms with van der Waals surface area (Å²) in [7, 11) is 0. The van der Waals surface area contributed by atoms with Crippen LogP contribution < -0.4 is 11.1 Å². The van der Waals surface area contributed by atoms with Gasteiger partial charge in [0.2, 0.25) is 0 Å². The molecule has 0 radical (unpaired) electrons. The predicted octanol–water partition coefficient (Wildman–Crippen LogP) is 1.89. The average Bonchev–Trinajstić information content (AvgIpc) is 2.49. The summed E-state index contributed by atoms with van der Waals surface area (Å²) in [4.78, 5) is 15.3. The van der Waals surface area contributed by atoms with Gasteiger partial charge in [0.25, 0.3) is 0 Å². The van der Waals surface area contributed by atoms with Crippen LogP contribution in [0.2, 0.25) is 0 Å². The smallest absolute Gasteiger partial charge is 0.166 e. The van der Waals surface area contributed by atoms with Crippen LogP contribution in [-0.2, 0) is 0 Å². The van der Waals surface area contributed by atoms with Crippen molar-refractivity contribution in [3.05, 3.63) is 18.5 Å². The monoisotopic (exact) mass is 286 g/mol. The van der Waals surface area contributed by atoms with Crippen molar-refractivity contribution in [1.29, 1.82) is 0 Å². The number of hydrogen-bond acceptors (Lipinski definition) is 6. The Kier molecular flexibility index (Phi) is 4.15. The first-order valence-corrected chi connectivity index (χ1v) is 7.62. The fourth-order valence-corrected chi connectivity index (χ4v) is 2.88. The summed E-state index contributed by atoms with van der Waals surface area (Å²) in [5.41, 5.74) is 6.35. The Morgan fingerprint density at radius 1 is 1.29 bits per heavy atom. The maximum Gasteiger partial charge on any atom is 0.166 e. The molecule has 112 valence electrons. The highest BCUT2D eigenvalue weighted by molar-refractivity contribution is 5.87. The molecule has 1 fully saturated rings. The van der Waals surface area contributed by atoms with Crippen LogP contribution in [0.1, 0.15) is 26.2 Å². The number of nitrogens with two attached hydrogens (primary N) is 1. The van der Waals surface area contributed by atoms with Crippen molar-refractivity contribution >= 4 is 22.7 Å². The minimum Gasteiger partial charge on any atom is -0.384 e. The second-order valence-electron chi connectivity index (χ2n) is 5.59. The molecule has 0 spiro atoms. The van der Waals surface area contributed by atoms with E-state index >= 15 is 0 Å². The third-order valence-electron chi connectivity index (χ3n) is 3.99. The Balaban J connectivity index is 1.71. The maximum absolute atomic E-state index is 5.70. The first-order valence-electron chi connectivity index (χ1n) is 7.62. The Morgan fingerprint density at radius 2 is 2.10 bits per heavy atom. The lowest BCUT2D eigenvalue weighted by atomic mass is 10.0. The molecular weight excluding hydrogens is 264 g/mol. The van der Waals surface area contributed by atoms with Crippen LogP contribution in [-0.4, -0.2) is 45.5 Å². The second kappa shape index (κ2) is 6.22. The van der Waals surface area contributed by atoms with E-state index in [0.717, 1.165) is 37.1 Å². The number of nitrogens with one attached hydrogen (secondary N) is 1. The number of rotatable bonds is 4. The Hall–Kier alpha value is -1.95. The first kappa shape index (κ1) is 14.0. The van der Waals surface area contributed by atoms with Gasteiger partial charge in [-0.2, -0.15) is 0 Å². The molecule has 0 aromatic carbocycles. The van der Waals surface area contributed by atoms with Gasteiger partial charge in [-0.3, -0.25) is 0 Å². The molecule has 0 saturated carbocycles. The molecule has 6 heteroatoms. The van der Waals surface area contributed by atoms with Crippen molar-refractivity contribution < 1.29 is 0 Å². The zero-order chi connectivity index (χ0) is 14.7. The molecule has 0 atom stereocenters. The number of anilines is 2. The lowest BCUT2D eigenvalue weighted by molar-refractivity contribution is 0.219. The molecular formula is C15H22N6. The normalized spacial score (nSPS) is 17.2. The number of likely N-dealkylation sites (tertiary alicyclic amines) is 1. The highest BCUT2D eigenvalue weighted by Crippen LogP contribution is 2.22. The fourth-order valence-electron chi connectivity index (χ4n) is 2.88. The number of nitrogen functional groups attached to an aromatic ring is 1. The number of piperidine rings is 1. The third-order valence-corrected chi connectivity index (χ3v) is 3.99. The average molecular weight is 286 g/mol. The summed E-state index contributed by atoms with van der Waals surface area (Å²) >= 11 is 0. The van der Waals surface area contributed by atoms with Gasteiger partial charge in [0, 0.05) is 19.1 Å². The minimum atomic E-state index is 0.466. The molecule has 6 nitrogen and oxygen atoms in total. The van der Waals surface area contributed by atoms with Gasteiger partial charge in [0.1, 0.15) is 18.0 Å². The summed E-state index contributed by atoms with van der Waals surface area (Å²) in [6.07, 6.45) is 5.06. The van der Waals surface area contributed by atoms with E-state index in [4.69, 9.17) is 5.73 Å². The highest BCUT2D eigenvalue weighted by atomic mass is 15.1. The highest BCUT2D eigenvalue weighted by Gasteiger charge is 2.19. The van der Waals surface area contributed by atoms with Gasteiger partial charge in [-0.1, -0.05) is 6.92 Å². The van der Waals surface area contributed by atoms with Crippen LogP contribution in [0.5, 0.6) is 0 Å². The SMILES string of the molecule is CCCN1CCC(Nc2ncnc3nc(N)ccc23)CC1. The Bertz CT molecular complexity index is 606.